The quantitative estimate of drug-likeness (QED) is 0.600. The maximum absolute atomic E-state index is 13.0. The fourth-order valence-corrected chi connectivity index (χ4v) is 2.77. The third-order valence-electron chi connectivity index (χ3n) is 3.19. The fraction of sp³-hybridized carbons (Fsp3) is 0.385. The molecular formula is C13H13FINO2. The number of imide groups is 1. The molecule has 0 saturated carbocycles. The van der Waals surface area contributed by atoms with Gasteiger partial charge in [-0.2, -0.15) is 0 Å². The number of rotatable bonds is 2. The Morgan fingerprint density at radius 2 is 2.28 bits per heavy atom. The number of halogens is 2. The number of nitrogens with zero attached hydrogens (tertiary/aromatic N) is 1. The van der Waals surface area contributed by atoms with Crippen molar-refractivity contribution in [3.05, 3.63) is 33.1 Å². The summed E-state index contributed by atoms with van der Waals surface area (Å²) in [5, 5.41) is 0. The van der Waals surface area contributed by atoms with E-state index in [-0.39, 0.29) is 23.5 Å². The number of likely N-dealkylation sites (tertiary alicyclic amines) is 1. The Morgan fingerprint density at radius 1 is 1.56 bits per heavy atom. The molecule has 0 N–H and O–H groups in total. The summed E-state index contributed by atoms with van der Waals surface area (Å²) in [5.74, 6) is -0.581. The van der Waals surface area contributed by atoms with Crippen molar-refractivity contribution in [3.8, 4) is 0 Å². The molecule has 0 radical (unpaired) electrons. The Kier molecular flexibility index (Phi) is 3.99. The average molecular weight is 361 g/mol. The van der Waals surface area contributed by atoms with Gasteiger partial charge in [0, 0.05) is 16.5 Å². The lowest BCUT2D eigenvalue weighted by atomic mass is 10.1. The normalized spacial score (nSPS) is 19.4. The molecule has 1 aromatic rings. The Hall–Kier alpha value is -0.980. The maximum Gasteiger partial charge on any atom is 0.261 e. The summed E-state index contributed by atoms with van der Waals surface area (Å²) in [5.41, 5.74) is 0.391. The van der Waals surface area contributed by atoms with Gasteiger partial charge in [0.05, 0.1) is 5.56 Å². The molecule has 1 aliphatic heterocycles. The molecule has 3 nitrogen and oxygen atoms in total. The molecule has 1 atom stereocenters. The molecule has 0 spiro atoms. The van der Waals surface area contributed by atoms with E-state index in [1.165, 1.54) is 23.1 Å². The van der Waals surface area contributed by atoms with Gasteiger partial charge in [0.2, 0.25) is 5.91 Å². The second-order valence-electron chi connectivity index (χ2n) is 4.41. The summed E-state index contributed by atoms with van der Waals surface area (Å²) in [6.45, 7) is 2.48. The molecule has 0 aromatic heterocycles. The van der Waals surface area contributed by atoms with Gasteiger partial charge in [-0.3, -0.25) is 14.5 Å². The highest BCUT2D eigenvalue weighted by Crippen LogP contribution is 2.24. The van der Waals surface area contributed by atoms with Crippen molar-refractivity contribution in [1.82, 2.24) is 4.90 Å². The van der Waals surface area contributed by atoms with Crippen molar-refractivity contribution in [2.75, 3.05) is 6.54 Å². The summed E-state index contributed by atoms with van der Waals surface area (Å²) < 4.78 is 13.5. The van der Waals surface area contributed by atoms with Crippen molar-refractivity contribution in [3.63, 3.8) is 0 Å². The van der Waals surface area contributed by atoms with Crippen LogP contribution < -0.4 is 0 Å². The highest BCUT2D eigenvalue weighted by molar-refractivity contribution is 14.1. The van der Waals surface area contributed by atoms with E-state index in [0.29, 0.717) is 22.1 Å². The average Bonchev–Trinajstić information content (AvgIpc) is 2.70. The first-order valence-electron chi connectivity index (χ1n) is 5.82. The van der Waals surface area contributed by atoms with E-state index in [2.05, 4.69) is 0 Å². The molecule has 1 unspecified atom stereocenters. The smallest absolute Gasteiger partial charge is 0.261 e. The molecule has 2 rings (SSSR count). The zero-order valence-corrected chi connectivity index (χ0v) is 12.1. The standard InChI is InChI=1S/C13H13FINO2/c1-2-8-5-12(17)16(7-8)13(18)10-4-3-9(14)6-11(10)15/h3-4,6,8H,2,5,7H2,1H3. The first-order valence-corrected chi connectivity index (χ1v) is 6.90. The van der Waals surface area contributed by atoms with E-state index in [1.807, 2.05) is 29.5 Å². The van der Waals surface area contributed by atoms with Gasteiger partial charge in [0.1, 0.15) is 5.82 Å². The van der Waals surface area contributed by atoms with Gasteiger partial charge in [-0.1, -0.05) is 13.3 Å². The molecule has 1 heterocycles. The minimum atomic E-state index is -0.380. The second kappa shape index (κ2) is 5.34. The summed E-state index contributed by atoms with van der Waals surface area (Å²) >= 11 is 1.91. The molecule has 0 bridgehead atoms. The monoisotopic (exact) mass is 361 g/mol. The molecular weight excluding hydrogens is 348 g/mol. The van der Waals surface area contributed by atoms with Crippen molar-refractivity contribution in [1.29, 1.82) is 0 Å². The van der Waals surface area contributed by atoms with Gasteiger partial charge in [-0.05, 0) is 46.7 Å². The summed E-state index contributed by atoms with van der Waals surface area (Å²) in [7, 11) is 0. The highest BCUT2D eigenvalue weighted by Gasteiger charge is 2.33. The van der Waals surface area contributed by atoms with Crippen LogP contribution in [0.4, 0.5) is 4.39 Å². The van der Waals surface area contributed by atoms with Crippen LogP contribution in [-0.2, 0) is 4.79 Å². The SMILES string of the molecule is CCC1CC(=O)N(C(=O)c2ccc(F)cc2I)C1. The van der Waals surface area contributed by atoms with Crippen LogP contribution in [-0.4, -0.2) is 23.3 Å². The molecule has 2 amide bonds. The van der Waals surface area contributed by atoms with Crippen molar-refractivity contribution < 1.29 is 14.0 Å². The summed E-state index contributed by atoms with van der Waals surface area (Å²) in [6, 6.07) is 3.98. The third kappa shape index (κ3) is 2.55. The Balaban J connectivity index is 2.24. The molecule has 96 valence electrons. The van der Waals surface area contributed by atoms with Crippen LogP contribution in [0.5, 0.6) is 0 Å². The van der Waals surface area contributed by atoms with E-state index in [4.69, 9.17) is 0 Å². The predicted molar refractivity (Wildman–Crippen MR) is 73.6 cm³/mol. The first-order chi connectivity index (χ1) is 8.52. The lowest BCUT2D eigenvalue weighted by Crippen LogP contribution is -2.32. The first kappa shape index (κ1) is 13.5. The van der Waals surface area contributed by atoms with Gasteiger partial charge in [0.15, 0.2) is 0 Å². The van der Waals surface area contributed by atoms with Gasteiger partial charge in [-0.25, -0.2) is 4.39 Å². The zero-order valence-electron chi connectivity index (χ0n) is 9.95. The molecule has 0 aliphatic carbocycles. The minimum Gasteiger partial charge on any atom is -0.278 e. The fourth-order valence-electron chi connectivity index (χ4n) is 2.06. The largest absolute Gasteiger partial charge is 0.278 e. The number of carbonyl (C=O) groups excluding carboxylic acids is 2. The van der Waals surface area contributed by atoms with Crippen molar-refractivity contribution in [2.24, 2.45) is 5.92 Å². The van der Waals surface area contributed by atoms with Crippen LogP contribution in [0, 0.1) is 15.3 Å². The van der Waals surface area contributed by atoms with Gasteiger partial charge in [-0.15, -0.1) is 0 Å². The van der Waals surface area contributed by atoms with Crippen LogP contribution in [0.2, 0.25) is 0 Å². The van der Waals surface area contributed by atoms with E-state index >= 15 is 0 Å². The van der Waals surface area contributed by atoms with E-state index in [9.17, 15) is 14.0 Å². The summed E-state index contributed by atoms with van der Waals surface area (Å²) in [4.78, 5) is 25.3. The number of hydrogen-bond donors (Lipinski definition) is 0. The molecule has 5 heteroatoms. The van der Waals surface area contributed by atoms with E-state index in [0.717, 1.165) is 6.42 Å². The van der Waals surface area contributed by atoms with Gasteiger partial charge >= 0.3 is 0 Å². The molecule has 18 heavy (non-hydrogen) atoms. The van der Waals surface area contributed by atoms with Crippen molar-refractivity contribution >= 4 is 34.4 Å². The Morgan fingerprint density at radius 3 is 2.83 bits per heavy atom. The topological polar surface area (TPSA) is 37.4 Å². The van der Waals surface area contributed by atoms with Gasteiger partial charge in [0.25, 0.3) is 5.91 Å². The van der Waals surface area contributed by atoms with Crippen LogP contribution in [0.3, 0.4) is 0 Å². The number of hydrogen-bond acceptors (Lipinski definition) is 2. The van der Waals surface area contributed by atoms with Crippen LogP contribution >= 0.6 is 22.6 Å². The van der Waals surface area contributed by atoms with E-state index < -0.39 is 0 Å². The highest BCUT2D eigenvalue weighted by atomic mass is 127. The summed E-state index contributed by atoms with van der Waals surface area (Å²) in [6.07, 6.45) is 1.32. The second-order valence-corrected chi connectivity index (χ2v) is 5.57. The Labute approximate surface area is 118 Å². The lowest BCUT2D eigenvalue weighted by Gasteiger charge is -2.15. The number of benzene rings is 1. The Bertz CT molecular complexity index is 504. The molecule has 1 fully saturated rings. The number of amides is 2. The molecule has 1 saturated heterocycles. The van der Waals surface area contributed by atoms with Crippen molar-refractivity contribution in [2.45, 2.75) is 19.8 Å². The maximum atomic E-state index is 13.0. The molecule has 1 aromatic carbocycles. The zero-order chi connectivity index (χ0) is 13.3. The predicted octanol–water partition coefficient (Wildman–Crippen LogP) is 2.83. The molecule has 1 aliphatic rings. The van der Waals surface area contributed by atoms with Crippen LogP contribution in [0.15, 0.2) is 18.2 Å². The number of carbonyl (C=O) groups is 2. The lowest BCUT2D eigenvalue weighted by molar-refractivity contribution is -0.125. The minimum absolute atomic E-state index is 0.132. The van der Waals surface area contributed by atoms with Gasteiger partial charge < -0.3 is 0 Å². The van der Waals surface area contributed by atoms with Crippen LogP contribution in [0.25, 0.3) is 0 Å². The third-order valence-corrected chi connectivity index (χ3v) is 4.08. The van der Waals surface area contributed by atoms with E-state index in [1.54, 1.807) is 0 Å². The van der Waals surface area contributed by atoms with Crippen LogP contribution in [0.1, 0.15) is 30.1 Å².